The Morgan fingerprint density at radius 1 is 1.15 bits per heavy atom. The molecule has 1 unspecified atom stereocenters. The van der Waals surface area contributed by atoms with Crippen molar-refractivity contribution in [1.82, 2.24) is 15.1 Å². The van der Waals surface area contributed by atoms with E-state index in [4.69, 9.17) is 0 Å². The standard InChI is InChI=1S/C17H22N4O4S.ClH/c22-16(11-14-12-26-10-5-18-14)19-6-8-20(9-7-19)17(23)13-1-3-15(4-2-13)21(24)25;/h1-4,14,18H,5-12H2;1H. The summed E-state index contributed by atoms with van der Waals surface area (Å²) in [6, 6.07) is 5.86. The average Bonchev–Trinajstić information content (AvgIpc) is 2.68. The van der Waals surface area contributed by atoms with Crippen molar-refractivity contribution in [2.75, 3.05) is 44.2 Å². The van der Waals surface area contributed by atoms with Crippen molar-refractivity contribution in [3.8, 4) is 0 Å². The van der Waals surface area contributed by atoms with Crippen molar-refractivity contribution in [2.45, 2.75) is 12.5 Å². The number of piperazine rings is 1. The van der Waals surface area contributed by atoms with E-state index in [0.717, 1.165) is 18.1 Å². The van der Waals surface area contributed by atoms with Gasteiger partial charge in [-0.2, -0.15) is 11.8 Å². The molecule has 0 aliphatic carbocycles. The topological polar surface area (TPSA) is 95.8 Å². The number of non-ortho nitro benzene ring substituents is 1. The molecule has 0 spiro atoms. The molecule has 1 aromatic rings. The lowest BCUT2D eigenvalue weighted by Gasteiger charge is -2.35. The van der Waals surface area contributed by atoms with Crippen molar-refractivity contribution in [3.63, 3.8) is 0 Å². The van der Waals surface area contributed by atoms with E-state index in [1.807, 2.05) is 16.7 Å². The van der Waals surface area contributed by atoms with E-state index in [-0.39, 0.29) is 36.0 Å². The number of nitrogens with zero attached hydrogens (tertiary/aromatic N) is 3. The molecule has 2 aliphatic heterocycles. The van der Waals surface area contributed by atoms with Gasteiger partial charge in [0.15, 0.2) is 0 Å². The monoisotopic (exact) mass is 414 g/mol. The first-order valence-corrected chi connectivity index (χ1v) is 9.82. The first-order valence-electron chi connectivity index (χ1n) is 8.67. The molecule has 0 radical (unpaired) electrons. The summed E-state index contributed by atoms with van der Waals surface area (Å²) >= 11 is 1.87. The van der Waals surface area contributed by atoms with E-state index < -0.39 is 4.92 Å². The highest BCUT2D eigenvalue weighted by Crippen LogP contribution is 2.16. The molecular formula is C17H23ClN4O4S. The van der Waals surface area contributed by atoms with E-state index >= 15 is 0 Å². The number of thioether (sulfide) groups is 1. The first-order chi connectivity index (χ1) is 12.5. The number of carbonyl (C=O) groups is 2. The molecule has 10 heteroatoms. The van der Waals surface area contributed by atoms with Crippen LogP contribution in [0.1, 0.15) is 16.8 Å². The molecule has 2 amide bonds. The Hall–Kier alpha value is -1.84. The summed E-state index contributed by atoms with van der Waals surface area (Å²) in [5, 5.41) is 14.1. The van der Waals surface area contributed by atoms with Gasteiger partial charge in [-0.05, 0) is 12.1 Å². The largest absolute Gasteiger partial charge is 0.339 e. The molecule has 0 aromatic heterocycles. The zero-order valence-corrected chi connectivity index (χ0v) is 16.5. The summed E-state index contributed by atoms with van der Waals surface area (Å²) < 4.78 is 0. The van der Waals surface area contributed by atoms with Crippen molar-refractivity contribution in [3.05, 3.63) is 39.9 Å². The molecule has 148 valence electrons. The lowest BCUT2D eigenvalue weighted by Crippen LogP contribution is -2.52. The molecule has 3 rings (SSSR count). The van der Waals surface area contributed by atoms with Gasteiger partial charge in [0.05, 0.1) is 4.92 Å². The normalized spacial score (nSPS) is 19.9. The molecule has 2 saturated heterocycles. The van der Waals surface area contributed by atoms with Gasteiger partial charge in [-0.3, -0.25) is 19.7 Å². The van der Waals surface area contributed by atoms with Crippen molar-refractivity contribution >= 4 is 41.7 Å². The van der Waals surface area contributed by atoms with Gasteiger partial charge < -0.3 is 15.1 Å². The molecule has 2 fully saturated rings. The number of benzene rings is 1. The molecule has 8 nitrogen and oxygen atoms in total. The molecular weight excluding hydrogens is 392 g/mol. The summed E-state index contributed by atoms with van der Waals surface area (Å²) in [5.41, 5.74) is 0.394. The Bertz CT molecular complexity index is 674. The van der Waals surface area contributed by atoms with Crippen LogP contribution in [0.5, 0.6) is 0 Å². The van der Waals surface area contributed by atoms with Gasteiger partial charge in [-0.15, -0.1) is 12.4 Å². The fourth-order valence-electron chi connectivity index (χ4n) is 3.16. The molecule has 2 heterocycles. The minimum absolute atomic E-state index is 0. The van der Waals surface area contributed by atoms with Gasteiger partial charge in [0.1, 0.15) is 0 Å². The number of hydrogen-bond acceptors (Lipinski definition) is 6. The maximum atomic E-state index is 12.5. The average molecular weight is 415 g/mol. The Morgan fingerprint density at radius 3 is 2.33 bits per heavy atom. The van der Waals surface area contributed by atoms with Crippen LogP contribution in [-0.2, 0) is 4.79 Å². The number of nitrogens with one attached hydrogen (secondary N) is 1. The second kappa shape index (κ2) is 9.91. The van der Waals surface area contributed by atoms with Crippen LogP contribution in [0.3, 0.4) is 0 Å². The van der Waals surface area contributed by atoms with Crippen LogP contribution >= 0.6 is 24.2 Å². The molecule has 0 saturated carbocycles. The third-order valence-corrected chi connectivity index (χ3v) is 5.80. The molecule has 0 bridgehead atoms. The quantitative estimate of drug-likeness (QED) is 0.591. The summed E-state index contributed by atoms with van der Waals surface area (Å²) in [6.45, 7) is 2.96. The van der Waals surface area contributed by atoms with Crippen LogP contribution < -0.4 is 5.32 Å². The zero-order chi connectivity index (χ0) is 18.5. The third kappa shape index (κ3) is 5.57. The molecule has 27 heavy (non-hydrogen) atoms. The summed E-state index contributed by atoms with van der Waals surface area (Å²) in [7, 11) is 0. The second-order valence-corrected chi connectivity index (χ2v) is 7.56. The molecule has 2 aliphatic rings. The number of nitro benzene ring substituents is 1. The van der Waals surface area contributed by atoms with Crippen molar-refractivity contribution < 1.29 is 14.5 Å². The van der Waals surface area contributed by atoms with Gasteiger partial charge in [0.25, 0.3) is 11.6 Å². The van der Waals surface area contributed by atoms with Crippen LogP contribution in [-0.4, -0.2) is 76.8 Å². The fourth-order valence-corrected chi connectivity index (χ4v) is 4.11. The minimum atomic E-state index is -0.488. The first kappa shape index (κ1) is 21.5. The lowest BCUT2D eigenvalue weighted by molar-refractivity contribution is -0.384. The highest BCUT2D eigenvalue weighted by molar-refractivity contribution is 7.99. The Morgan fingerprint density at radius 2 is 1.78 bits per heavy atom. The van der Waals surface area contributed by atoms with E-state index in [1.165, 1.54) is 24.3 Å². The van der Waals surface area contributed by atoms with E-state index in [0.29, 0.717) is 38.2 Å². The number of rotatable bonds is 4. The zero-order valence-electron chi connectivity index (χ0n) is 14.8. The maximum Gasteiger partial charge on any atom is 0.269 e. The number of halogens is 1. The Labute approximate surface area is 168 Å². The molecule has 1 aromatic carbocycles. The highest BCUT2D eigenvalue weighted by Gasteiger charge is 2.27. The third-order valence-electron chi connectivity index (χ3n) is 4.66. The highest BCUT2D eigenvalue weighted by atomic mass is 35.5. The predicted octanol–water partition coefficient (Wildman–Crippen LogP) is 1.40. The molecule has 1 N–H and O–H groups in total. The van der Waals surface area contributed by atoms with Gasteiger partial charge in [-0.25, -0.2) is 0 Å². The van der Waals surface area contributed by atoms with Crippen LogP contribution in [0.2, 0.25) is 0 Å². The summed E-state index contributed by atoms with van der Waals surface area (Å²) in [5.74, 6) is 2.03. The van der Waals surface area contributed by atoms with E-state index in [9.17, 15) is 19.7 Å². The maximum absolute atomic E-state index is 12.5. The van der Waals surface area contributed by atoms with Crippen LogP contribution in [0, 0.1) is 10.1 Å². The second-order valence-electron chi connectivity index (χ2n) is 6.41. The van der Waals surface area contributed by atoms with Gasteiger partial charge in [0, 0.05) is 74.4 Å². The van der Waals surface area contributed by atoms with Gasteiger partial charge in [0.2, 0.25) is 5.91 Å². The Balaban J connectivity index is 0.00000261. The van der Waals surface area contributed by atoms with Crippen LogP contribution in [0.15, 0.2) is 24.3 Å². The number of amides is 2. The van der Waals surface area contributed by atoms with Gasteiger partial charge >= 0.3 is 0 Å². The number of hydrogen-bond donors (Lipinski definition) is 1. The fraction of sp³-hybridized carbons (Fsp3) is 0.529. The van der Waals surface area contributed by atoms with Gasteiger partial charge in [-0.1, -0.05) is 0 Å². The molecule has 1 atom stereocenters. The van der Waals surface area contributed by atoms with E-state index in [1.54, 1.807) is 4.90 Å². The smallest absolute Gasteiger partial charge is 0.269 e. The predicted molar refractivity (Wildman–Crippen MR) is 107 cm³/mol. The summed E-state index contributed by atoms with van der Waals surface area (Å²) in [4.78, 5) is 38.7. The Kier molecular flexibility index (Phi) is 7.88. The lowest BCUT2D eigenvalue weighted by atomic mass is 10.1. The van der Waals surface area contributed by atoms with Crippen LogP contribution in [0.25, 0.3) is 0 Å². The SMILES string of the molecule is Cl.O=C(CC1CSCCN1)N1CCN(C(=O)c2ccc([N+](=O)[O-])cc2)CC1. The summed E-state index contributed by atoms with van der Waals surface area (Å²) in [6.07, 6.45) is 0.503. The number of nitro groups is 1. The van der Waals surface area contributed by atoms with Crippen molar-refractivity contribution in [2.24, 2.45) is 0 Å². The van der Waals surface area contributed by atoms with Crippen LogP contribution in [0.4, 0.5) is 5.69 Å². The minimum Gasteiger partial charge on any atom is -0.339 e. The van der Waals surface area contributed by atoms with E-state index in [2.05, 4.69) is 5.32 Å². The van der Waals surface area contributed by atoms with Crippen molar-refractivity contribution in [1.29, 1.82) is 0 Å². The number of carbonyl (C=O) groups excluding carboxylic acids is 2.